The number of hydrogen-bond acceptors (Lipinski definition) is 4. The molecule has 1 heterocycles. The number of amides is 1. The van der Waals surface area contributed by atoms with E-state index in [9.17, 15) is 9.59 Å². The Morgan fingerprint density at radius 1 is 1.69 bits per heavy atom. The first kappa shape index (κ1) is 12.6. The summed E-state index contributed by atoms with van der Waals surface area (Å²) >= 11 is 1.54. The molecule has 0 aliphatic carbocycles. The van der Waals surface area contributed by atoms with E-state index in [1.807, 2.05) is 6.26 Å². The molecule has 0 radical (unpaired) electrons. The van der Waals surface area contributed by atoms with Crippen molar-refractivity contribution in [1.82, 2.24) is 15.5 Å². The number of hydrogen-bond donors (Lipinski definition) is 3. The SMILES string of the molecule is CSCC[C@@H](NC(=O)c1ccn[nH]1)C(=O)O. The fraction of sp³-hybridized carbons (Fsp3) is 0.444. The third-order valence-electron chi connectivity index (χ3n) is 1.96. The Labute approximate surface area is 96.8 Å². The maximum Gasteiger partial charge on any atom is 0.326 e. The van der Waals surface area contributed by atoms with E-state index in [0.29, 0.717) is 12.2 Å². The van der Waals surface area contributed by atoms with Crippen LogP contribution in [0.3, 0.4) is 0 Å². The lowest BCUT2D eigenvalue weighted by Gasteiger charge is -2.12. The molecule has 0 saturated heterocycles. The summed E-state index contributed by atoms with van der Waals surface area (Å²) in [5.74, 6) is -0.798. The molecule has 1 aromatic heterocycles. The lowest BCUT2D eigenvalue weighted by atomic mass is 10.2. The monoisotopic (exact) mass is 243 g/mol. The van der Waals surface area contributed by atoms with Crippen LogP contribution >= 0.6 is 11.8 Å². The second kappa shape index (κ2) is 6.16. The number of carboxylic acids is 1. The van der Waals surface area contributed by atoms with Gasteiger partial charge in [-0.1, -0.05) is 0 Å². The van der Waals surface area contributed by atoms with E-state index in [2.05, 4.69) is 15.5 Å². The van der Waals surface area contributed by atoms with Gasteiger partial charge in [0.25, 0.3) is 5.91 Å². The predicted octanol–water partition coefficient (Wildman–Crippen LogP) is 0.346. The summed E-state index contributed by atoms with van der Waals surface area (Å²) in [4.78, 5) is 22.4. The van der Waals surface area contributed by atoms with Gasteiger partial charge < -0.3 is 10.4 Å². The normalized spacial score (nSPS) is 12.1. The van der Waals surface area contributed by atoms with Crippen LogP contribution < -0.4 is 5.32 Å². The minimum Gasteiger partial charge on any atom is -0.480 e. The third-order valence-corrected chi connectivity index (χ3v) is 2.60. The summed E-state index contributed by atoms with van der Waals surface area (Å²) < 4.78 is 0. The van der Waals surface area contributed by atoms with Crippen molar-refractivity contribution in [3.05, 3.63) is 18.0 Å². The van der Waals surface area contributed by atoms with Gasteiger partial charge in [0.2, 0.25) is 0 Å². The summed E-state index contributed by atoms with van der Waals surface area (Å²) in [5, 5.41) is 17.4. The van der Waals surface area contributed by atoms with Gasteiger partial charge in [0.1, 0.15) is 11.7 Å². The predicted molar refractivity (Wildman–Crippen MR) is 60.5 cm³/mol. The van der Waals surface area contributed by atoms with Crippen LogP contribution in [-0.2, 0) is 4.79 Å². The molecule has 6 nitrogen and oxygen atoms in total. The highest BCUT2D eigenvalue weighted by Gasteiger charge is 2.20. The first-order valence-corrected chi connectivity index (χ1v) is 6.06. The zero-order chi connectivity index (χ0) is 12.0. The molecule has 1 amide bonds. The van der Waals surface area contributed by atoms with Crippen LogP contribution in [-0.4, -0.2) is 45.2 Å². The van der Waals surface area contributed by atoms with Crippen LogP contribution in [0.4, 0.5) is 0 Å². The first-order valence-electron chi connectivity index (χ1n) is 4.67. The summed E-state index contributed by atoms with van der Waals surface area (Å²) in [6.45, 7) is 0. The van der Waals surface area contributed by atoms with Gasteiger partial charge in [0, 0.05) is 6.20 Å². The Kier molecular flexibility index (Phi) is 4.84. The van der Waals surface area contributed by atoms with Gasteiger partial charge in [0.15, 0.2) is 0 Å². The highest BCUT2D eigenvalue weighted by Crippen LogP contribution is 2.02. The lowest BCUT2D eigenvalue weighted by molar-refractivity contribution is -0.139. The number of nitrogens with zero attached hydrogens (tertiary/aromatic N) is 1. The van der Waals surface area contributed by atoms with Gasteiger partial charge in [-0.2, -0.15) is 16.9 Å². The number of aromatic nitrogens is 2. The first-order chi connectivity index (χ1) is 7.65. The number of aromatic amines is 1. The third kappa shape index (κ3) is 3.58. The maximum atomic E-state index is 11.5. The van der Waals surface area contributed by atoms with Crippen LogP contribution in [0.15, 0.2) is 12.3 Å². The Bertz CT molecular complexity index is 353. The molecule has 7 heteroatoms. The largest absolute Gasteiger partial charge is 0.480 e. The number of H-pyrrole nitrogens is 1. The minimum absolute atomic E-state index is 0.260. The molecule has 0 aromatic carbocycles. The molecule has 0 saturated carbocycles. The van der Waals surface area contributed by atoms with Gasteiger partial charge in [-0.3, -0.25) is 9.89 Å². The molecule has 0 bridgehead atoms. The second-order valence-corrected chi connectivity index (χ2v) is 4.10. The number of aliphatic carboxylic acids is 1. The summed E-state index contributed by atoms with van der Waals surface area (Å²) in [6.07, 6.45) is 3.72. The van der Waals surface area contributed by atoms with Gasteiger partial charge in [-0.05, 0) is 24.5 Å². The Balaban J connectivity index is 2.54. The Morgan fingerprint density at radius 2 is 2.44 bits per heavy atom. The standard InChI is InChI=1S/C9H13N3O3S/c1-16-5-3-7(9(14)15)11-8(13)6-2-4-10-12-6/h2,4,7H,3,5H2,1H3,(H,10,12)(H,11,13)(H,14,15)/t7-/m1/s1. The number of thioether (sulfide) groups is 1. The lowest BCUT2D eigenvalue weighted by Crippen LogP contribution is -2.41. The summed E-state index contributed by atoms with van der Waals surface area (Å²) in [7, 11) is 0. The van der Waals surface area contributed by atoms with E-state index < -0.39 is 17.9 Å². The summed E-state index contributed by atoms with van der Waals surface area (Å²) in [6, 6.07) is 0.631. The molecular weight excluding hydrogens is 230 g/mol. The molecule has 0 aliphatic heterocycles. The number of carbonyl (C=O) groups excluding carboxylic acids is 1. The van der Waals surface area contributed by atoms with E-state index in [0.717, 1.165) is 0 Å². The van der Waals surface area contributed by atoms with E-state index in [-0.39, 0.29) is 5.69 Å². The average molecular weight is 243 g/mol. The van der Waals surface area contributed by atoms with Crippen molar-refractivity contribution < 1.29 is 14.7 Å². The van der Waals surface area contributed by atoms with Crippen LogP contribution in [0.25, 0.3) is 0 Å². The maximum absolute atomic E-state index is 11.5. The number of carbonyl (C=O) groups is 2. The van der Waals surface area contributed by atoms with Crippen molar-refractivity contribution in [2.45, 2.75) is 12.5 Å². The molecule has 88 valence electrons. The number of rotatable bonds is 6. The van der Waals surface area contributed by atoms with E-state index in [1.54, 1.807) is 0 Å². The van der Waals surface area contributed by atoms with Crippen LogP contribution in [0.5, 0.6) is 0 Å². The minimum atomic E-state index is -1.03. The van der Waals surface area contributed by atoms with Gasteiger partial charge in [-0.15, -0.1) is 0 Å². The molecule has 3 N–H and O–H groups in total. The zero-order valence-electron chi connectivity index (χ0n) is 8.77. The molecule has 0 fully saturated rings. The topological polar surface area (TPSA) is 95.1 Å². The number of carboxylic acid groups (broad SMARTS) is 1. The van der Waals surface area contributed by atoms with Gasteiger partial charge in [-0.25, -0.2) is 4.79 Å². The number of nitrogens with one attached hydrogen (secondary N) is 2. The molecule has 0 aliphatic rings. The molecule has 0 unspecified atom stereocenters. The highest BCUT2D eigenvalue weighted by molar-refractivity contribution is 7.98. The highest BCUT2D eigenvalue weighted by atomic mass is 32.2. The van der Waals surface area contributed by atoms with Gasteiger partial charge >= 0.3 is 5.97 Å². The van der Waals surface area contributed by atoms with Crippen LogP contribution in [0, 0.1) is 0 Å². The molecule has 1 rings (SSSR count). The Morgan fingerprint density at radius 3 is 2.94 bits per heavy atom. The smallest absolute Gasteiger partial charge is 0.326 e. The molecule has 16 heavy (non-hydrogen) atoms. The van der Waals surface area contributed by atoms with Crippen molar-refractivity contribution in [2.24, 2.45) is 0 Å². The average Bonchev–Trinajstić information content (AvgIpc) is 2.76. The second-order valence-electron chi connectivity index (χ2n) is 3.12. The van der Waals surface area contributed by atoms with Crippen molar-refractivity contribution in [3.63, 3.8) is 0 Å². The molecule has 0 spiro atoms. The Hall–Kier alpha value is -1.50. The fourth-order valence-electron chi connectivity index (χ4n) is 1.11. The fourth-order valence-corrected chi connectivity index (χ4v) is 1.58. The van der Waals surface area contributed by atoms with Crippen molar-refractivity contribution >= 4 is 23.6 Å². The van der Waals surface area contributed by atoms with Crippen LogP contribution in [0.2, 0.25) is 0 Å². The van der Waals surface area contributed by atoms with Crippen molar-refractivity contribution in [3.8, 4) is 0 Å². The van der Waals surface area contributed by atoms with E-state index in [1.165, 1.54) is 24.0 Å². The van der Waals surface area contributed by atoms with Gasteiger partial charge in [0.05, 0.1) is 0 Å². The van der Waals surface area contributed by atoms with Crippen molar-refractivity contribution in [1.29, 1.82) is 0 Å². The molecular formula is C9H13N3O3S. The summed E-state index contributed by atoms with van der Waals surface area (Å²) in [5.41, 5.74) is 0.260. The quantitative estimate of drug-likeness (QED) is 0.670. The van der Waals surface area contributed by atoms with E-state index >= 15 is 0 Å². The molecule has 1 atom stereocenters. The van der Waals surface area contributed by atoms with Crippen molar-refractivity contribution in [2.75, 3.05) is 12.0 Å². The molecule has 1 aromatic rings. The zero-order valence-corrected chi connectivity index (χ0v) is 9.58. The van der Waals surface area contributed by atoms with Crippen LogP contribution in [0.1, 0.15) is 16.9 Å². The van der Waals surface area contributed by atoms with E-state index in [4.69, 9.17) is 5.11 Å².